The van der Waals surface area contributed by atoms with E-state index in [0.717, 1.165) is 0 Å². The summed E-state index contributed by atoms with van der Waals surface area (Å²) in [7, 11) is 0. The van der Waals surface area contributed by atoms with Crippen LogP contribution in [0.1, 0.15) is 10.4 Å². The van der Waals surface area contributed by atoms with Crippen LogP contribution in [-0.2, 0) is 14.4 Å². The lowest BCUT2D eigenvalue weighted by Crippen LogP contribution is -2.34. The van der Waals surface area contributed by atoms with E-state index >= 15 is 0 Å². The van der Waals surface area contributed by atoms with Gasteiger partial charge in [0.2, 0.25) is 11.8 Å². The molecular weight excluding hydrogens is 266 g/mol. The zero-order valence-electron chi connectivity index (χ0n) is 9.99. The molecule has 0 saturated carbocycles. The lowest BCUT2D eigenvalue weighted by Gasteiger charge is -2.03. The van der Waals surface area contributed by atoms with Crippen LogP contribution in [0.4, 0.5) is 0 Å². The third-order valence-electron chi connectivity index (χ3n) is 2.51. The van der Waals surface area contributed by atoms with E-state index in [1.54, 1.807) is 0 Å². The molecule has 1 saturated heterocycles. The fourth-order valence-corrected chi connectivity index (χ4v) is 1.56. The number of nitrogens with one attached hydrogen (secondary N) is 2. The van der Waals surface area contributed by atoms with E-state index in [1.165, 1.54) is 24.5 Å². The van der Waals surface area contributed by atoms with Crippen LogP contribution in [0.3, 0.4) is 0 Å². The van der Waals surface area contributed by atoms with E-state index < -0.39 is 35.3 Å². The number of carbonyl (C=O) groups is 4. The van der Waals surface area contributed by atoms with Crippen molar-refractivity contribution in [3.8, 4) is 0 Å². The maximum atomic E-state index is 11.7. The maximum Gasteiger partial charge on any atom is 0.275 e. The molecule has 102 valence electrons. The van der Waals surface area contributed by atoms with Crippen molar-refractivity contribution in [2.75, 3.05) is 0 Å². The fourth-order valence-electron chi connectivity index (χ4n) is 1.56. The summed E-state index contributed by atoms with van der Waals surface area (Å²) in [5.74, 6) is -4.87. The summed E-state index contributed by atoms with van der Waals surface area (Å²) in [5, 5.41) is 5.39. The smallest absolute Gasteiger partial charge is 0.275 e. The van der Waals surface area contributed by atoms with E-state index in [9.17, 15) is 19.2 Å². The lowest BCUT2D eigenvalue weighted by atomic mass is 10.1. The summed E-state index contributed by atoms with van der Waals surface area (Å²) in [6, 6.07) is 2.86. The van der Waals surface area contributed by atoms with E-state index in [0.29, 0.717) is 0 Å². The van der Waals surface area contributed by atoms with Crippen LogP contribution in [0.2, 0.25) is 0 Å². The first-order chi connectivity index (χ1) is 9.50. The molecule has 0 aromatic carbocycles. The molecule has 2 rings (SSSR count). The minimum atomic E-state index is -1.50. The Bertz CT molecular complexity index is 625. The first-order valence-electron chi connectivity index (χ1n) is 5.43. The van der Waals surface area contributed by atoms with E-state index in [2.05, 4.69) is 15.5 Å². The molecule has 9 nitrogen and oxygen atoms in total. The van der Waals surface area contributed by atoms with Gasteiger partial charge < -0.3 is 5.73 Å². The third-order valence-corrected chi connectivity index (χ3v) is 2.51. The number of hydrogen-bond acceptors (Lipinski definition) is 6. The number of carbonyl (C=O) groups excluding carboxylic acids is 4. The molecule has 4 N–H and O–H groups in total. The van der Waals surface area contributed by atoms with Gasteiger partial charge >= 0.3 is 0 Å². The maximum absolute atomic E-state index is 11.7. The topological polar surface area (TPSA) is 144 Å². The van der Waals surface area contributed by atoms with E-state index in [1.807, 2.05) is 5.32 Å². The second kappa shape index (κ2) is 5.26. The largest absolute Gasteiger partial charge is 0.369 e. The number of imide groups is 1. The minimum Gasteiger partial charge on any atom is -0.369 e. The summed E-state index contributed by atoms with van der Waals surface area (Å²) >= 11 is 0. The normalized spacial score (nSPS) is 19.8. The molecule has 0 aliphatic carbocycles. The highest BCUT2D eigenvalue weighted by Crippen LogP contribution is 2.07. The van der Waals surface area contributed by atoms with Crippen LogP contribution < -0.4 is 16.5 Å². The van der Waals surface area contributed by atoms with Gasteiger partial charge in [0.15, 0.2) is 5.92 Å². The number of aromatic nitrogens is 1. The Kier molecular flexibility index (Phi) is 3.51. The highest BCUT2D eigenvalue weighted by Gasteiger charge is 2.42. The number of nitrogens with two attached hydrogens (primary N) is 1. The van der Waals surface area contributed by atoms with Gasteiger partial charge in [-0.25, -0.2) is 5.43 Å². The van der Waals surface area contributed by atoms with Crippen molar-refractivity contribution in [1.82, 2.24) is 15.7 Å². The first kappa shape index (κ1) is 13.3. The number of nitrogens with zero attached hydrogens (tertiary/aromatic N) is 2. The Morgan fingerprint density at radius 2 is 1.95 bits per heavy atom. The van der Waals surface area contributed by atoms with Crippen LogP contribution in [0.25, 0.3) is 0 Å². The summed E-state index contributed by atoms with van der Waals surface area (Å²) in [5.41, 5.74) is 6.90. The number of amides is 4. The van der Waals surface area contributed by atoms with E-state index in [4.69, 9.17) is 5.73 Å². The van der Waals surface area contributed by atoms with Crippen molar-refractivity contribution >= 4 is 29.3 Å². The Hall–Kier alpha value is -3.10. The first-order valence-corrected chi connectivity index (χ1v) is 5.43. The highest BCUT2D eigenvalue weighted by atomic mass is 16.2. The van der Waals surface area contributed by atoms with Gasteiger partial charge in [-0.3, -0.25) is 29.5 Å². The van der Waals surface area contributed by atoms with E-state index in [-0.39, 0.29) is 5.56 Å². The van der Waals surface area contributed by atoms with Crippen molar-refractivity contribution in [2.45, 2.75) is 0 Å². The third kappa shape index (κ3) is 2.51. The zero-order valence-corrected chi connectivity index (χ0v) is 9.99. The quantitative estimate of drug-likeness (QED) is 0.329. The Morgan fingerprint density at radius 1 is 1.30 bits per heavy atom. The molecule has 1 aromatic rings. The number of primary amides is 1. The number of hydrazone groups is 1. The monoisotopic (exact) mass is 275 g/mol. The van der Waals surface area contributed by atoms with Crippen LogP contribution in [-0.4, -0.2) is 34.3 Å². The van der Waals surface area contributed by atoms with Gasteiger partial charge in [0.1, 0.15) is 5.71 Å². The highest BCUT2D eigenvalue weighted by molar-refractivity contribution is 6.54. The molecule has 1 aromatic heterocycles. The predicted molar refractivity (Wildman–Crippen MR) is 65.0 cm³/mol. The lowest BCUT2D eigenvalue weighted by molar-refractivity contribution is -0.130. The second-order valence-corrected chi connectivity index (χ2v) is 3.83. The van der Waals surface area contributed by atoms with Gasteiger partial charge in [-0.15, -0.1) is 0 Å². The van der Waals surface area contributed by atoms with Gasteiger partial charge in [-0.05, 0) is 12.1 Å². The standard InChI is InChI=1S/C11H9N5O4/c12-8(17)6-7(11(20)14-10(6)19)15-16-9(18)5-1-3-13-4-2-5/h1-4,6H,(H2,12,17)(H,16,18)(H,14,19,20)/b15-7+. The van der Waals surface area contributed by atoms with Crippen molar-refractivity contribution in [2.24, 2.45) is 16.8 Å². The Labute approximate surface area is 112 Å². The molecule has 0 bridgehead atoms. The summed E-state index contributed by atoms with van der Waals surface area (Å²) < 4.78 is 0. The van der Waals surface area contributed by atoms with Gasteiger partial charge in [0.05, 0.1) is 0 Å². The number of hydrogen-bond donors (Lipinski definition) is 3. The molecule has 0 radical (unpaired) electrons. The Balaban J connectivity index is 2.18. The van der Waals surface area contributed by atoms with Gasteiger partial charge in [-0.1, -0.05) is 0 Å². The number of rotatable bonds is 3. The van der Waals surface area contributed by atoms with Crippen molar-refractivity contribution < 1.29 is 19.2 Å². The van der Waals surface area contributed by atoms with Gasteiger partial charge in [-0.2, -0.15) is 5.10 Å². The van der Waals surface area contributed by atoms with Crippen LogP contribution in [0, 0.1) is 5.92 Å². The molecule has 20 heavy (non-hydrogen) atoms. The predicted octanol–water partition coefficient (Wildman–Crippen LogP) is -2.07. The molecular formula is C11H9N5O4. The molecule has 0 spiro atoms. The number of pyridine rings is 1. The van der Waals surface area contributed by atoms with Crippen molar-refractivity contribution in [3.05, 3.63) is 30.1 Å². The molecule has 1 unspecified atom stereocenters. The summed E-state index contributed by atoms with van der Waals surface area (Å²) in [6.07, 6.45) is 2.81. The average Bonchev–Trinajstić information content (AvgIpc) is 2.71. The zero-order chi connectivity index (χ0) is 14.7. The molecule has 1 aliphatic rings. The molecule has 4 amide bonds. The fraction of sp³-hybridized carbons (Fsp3) is 0.0909. The van der Waals surface area contributed by atoms with Gasteiger partial charge in [0.25, 0.3) is 11.8 Å². The average molecular weight is 275 g/mol. The molecule has 1 aliphatic heterocycles. The van der Waals surface area contributed by atoms with Gasteiger partial charge in [0, 0.05) is 18.0 Å². The van der Waals surface area contributed by atoms with Crippen LogP contribution in [0.5, 0.6) is 0 Å². The SMILES string of the molecule is NC(=O)C1C(=O)NC(=O)/C1=N/NC(=O)c1ccncc1. The Morgan fingerprint density at radius 3 is 2.55 bits per heavy atom. The minimum absolute atomic E-state index is 0.254. The van der Waals surface area contributed by atoms with Crippen LogP contribution in [0.15, 0.2) is 29.6 Å². The molecule has 9 heteroatoms. The van der Waals surface area contributed by atoms with Crippen molar-refractivity contribution in [1.29, 1.82) is 0 Å². The second-order valence-electron chi connectivity index (χ2n) is 3.83. The molecule has 1 fully saturated rings. The summed E-state index contributed by atoms with van der Waals surface area (Å²) in [6.45, 7) is 0. The molecule has 1 atom stereocenters. The molecule has 2 heterocycles. The van der Waals surface area contributed by atoms with Crippen LogP contribution >= 0.6 is 0 Å². The summed E-state index contributed by atoms with van der Waals surface area (Å²) in [4.78, 5) is 49.2. The van der Waals surface area contributed by atoms with Crippen molar-refractivity contribution in [3.63, 3.8) is 0 Å².